The lowest BCUT2D eigenvalue weighted by atomic mass is 10.1. The van der Waals surface area contributed by atoms with E-state index in [2.05, 4.69) is 51.5 Å². The number of nitrogens with one attached hydrogen (secondary N) is 2. The van der Waals surface area contributed by atoms with Crippen molar-refractivity contribution in [2.75, 3.05) is 28.6 Å². The zero-order valence-corrected chi connectivity index (χ0v) is 17.4. The molecule has 0 bridgehead atoms. The Morgan fingerprint density at radius 2 is 1.52 bits per heavy atom. The largest absolute Gasteiger partial charge is 0.372 e. The van der Waals surface area contributed by atoms with Crippen molar-refractivity contribution in [3.63, 3.8) is 0 Å². The number of hydrogen-bond acceptors (Lipinski definition) is 5. The molecule has 3 rings (SSSR count). The fraction of sp³-hybridized carbons (Fsp3) is 0.261. The van der Waals surface area contributed by atoms with Crippen LogP contribution in [-0.4, -0.2) is 29.0 Å². The first-order valence-electron chi connectivity index (χ1n) is 9.83. The van der Waals surface area contributed by atoms with Crippen LogP contribution < -0.4 is 15.5 Å². The minimum Gasteiger partial charge on any atom is -0.372 e. The summed E-state index contributed by atoms with van der Waals surface area (Å²) in [6, 6.07) is 14.0. The van der Waals surface area contributed by atoms with Gasteiger partial charge in [-0.2, -0.15) is 0 Å². The smallest absolute Gasteiger partial charge is 0.258 e. The molecule has 0 unspecified atom stereocenters. The third kappa shape index (κ3) is 4.90. The average Bonchev–Trinajstić information content (AvgIpc) is 2.73. The van der Waals surface area contributed by atoms with Crippen molar-refractivity contribution in [3.8, 4) is 0 Å². The molecule has 1 heterocycles. The standard InChI is InChI=1S/C23H27N5O/c1-5-28(6-2)20-12-10-19(11-13-20)26-23-24-14-18(15-25-23)22(29)27-21-16(3)8-7-9-17(21)4/h7-15H,5-6H2,1-4H3,(H,27,29)(H,24,25,26). The molecule has 0 fully saturated rings. The lowest BCUT2D eigenvalue weighted by Crippen LogP contribution is -2.21. The van der Waals surface area contributed by atoms with Crippen molar-refractivity contribution in [3.05, 3.63) is 71.5 Å². The molecule has 6 heteroatoms. The Labute approximate surface area is 172 Å². The molecule has 0 saturated carbocycles. The molecule has 0 aliphatic heterocycles. The van der Waals surface area contributed by atoms with Crippen molar-refractivity contribution >= 4 is 28.9 Å². The molecule has 29 heavy (non-hydrogen) atoms. The van der Waals surface area contributed by atoms with Crippen molar-refractivity contribution in [2.24, 2.45) is 0 Å². The van der Waals surface area contributed by atoms with Gasteiger partial charge in [0.25, 0.3) is 5.91 Å². The van der Waals surface area contributed by atoms with Gasteiger partial charge in [0.2, 0.25) is 5.95 Å². The van der Waals surface area contributed by atoms with Crippen LogP contribution in [0.1, 0.15) is 35.3 Å². The molecular formula is C23H27N5O. The maximum Gasteiger partial charge on any atom is 0.258 e. The molecule has 0 aliphatic rings. The second-order valence-electron chi connectivity index (χ2n) is 6.86. The van der Waals surface area contributed by atoms with E-state index in [9.17, 15) is 4.79 Å². The molecule has 0 radical (unpaired) electrons. The third-order valence-electron chi connectivity index (χ3n) is 4.89. The van der Waals surface area contributed by atoms with E-state index >= 15 is 0 Å². The summed E-state index contributed by atoms with van der Waals surface area (Å²) in [6.07, 6.45) is 3.06. The predicted octanol–water partition coefficient (Wildman–Crippen LogP) is 4.94. The van der Waals surface area contributed by atoms with Crippen molar-refractivity contribution in [1.82, 2.24) is 9.97 Å². The summed E-state index contributed by atoms with van der Waals surface area (Å²) < 4.78 is 0. The number of para-hydroxylation sites is 1. The Kier molecular flexibility index (Phi) is 6.44. The van der Waals surface area contributed by atoms with E-state index in [4.69, 9.17) is 0 Å². The third-order valence-corrected chi connectivity index (χ3v) is 4.89. The van der Waals surface area contributed by atoms with Crippen molar-refractivity contribution in [2.45, 2.75) is 27.7 Å². The maximum absolute atomic E-state index is 12.5. The van der Waals surface area contributed by atoms with Crippen molar-refractivity contribution in [1.29, 1.82) is 0 Å². The first-order chi connectivity index (χ1) is 14.0. The van der Waals surface area contributed by atoms with Gasteiger partial charge in [-0.15, -0.1) is 0 Å². The van der Waals surface area contributed by atoms with E-state index < -0.39 is 0 Å². The number of hydrogen-bond donors (Lipinski definition) is 2. The van der Waals surface area contributed by atoms with Crippen LogP contribution in [0.4, 0.5) is 23.0 Å². The van der Waals surface area contributed by atoms with Gasteiger partial charge in [0, 0.05) is 42.5 Å². The van der Waals surface area contributed by atoms with Gasteiger partial charge in [0.05, 0.1) is 5.56 Å². The zero-order chi connectivity index (χ0) is 20.8. The average molecular weight is 390 g/mol. The van der Waals surface area contributed by atoms with Gasteiger partial charge in [0.15, 0.2) is 0 Å². The van der Waals surface area contributed by atoms with Crippen LogP contribution in [0.5, 0.6) is 0 Å². The molecule has 150 valence electrons. The number of nitrogens with zero attached hydrogens (tertiary/aromatic N) is 3. The van der Waals surface area contributed by atoms with Crippen molar-refractivity contribution < 1.29 is 4.79 Å². The first kappa shape index (κ1) is 20.3. The van der Waals surface area contributed by atoms with Gasteiger partial charge in [-0.1, -0.05) is 18.2 Å². The molecule has 1 aromatic heterocycles. The number of carbonyl (C=O) groups is 1. The number of aromatic nitrogens is 2. The number of carbonyl (C=O) groups excluding carboxylic acids is 1. The summed E-state index contributed by atoms with van der Waals surface area (Å²) in [5.41, 5.74) is 5.35. The molecule has 0 aliphatic carbocycles. The normalized spacial score (nSPS) is 10.5. The monoisotopic (exact) mass is 389 g/mol. The van der Waals surface area contributed by atoms with Crippen LogP contribution in [0.15, 0.2) is 54.9 Å². The number of aryl methyl sites for hydroxylation is 2. The summed E-state index contributed by atoms with van der Waals surface area (Å²) in [5.74, 6) is 0.224. The molecule has 6 nitrogen and oxygen atoms in total. The van der Waals surface area contributed by atoms with Gasteiger partial charge in [0.1, 0.15) is 0 Å². The van der Waals surface area contributed by atoms with Crippen LogP contribution >= 0.6 is 0 Å². The van der Waals surface area contributed by atoms with Gasteiger partial charge in [-0.25, -0.2) is 9.97 Å². The van der Waals surface area contributed by atoms with Crippen LogP contribution in [0.2, 0.25) is 0 Å². The summed E-state index contributed by atoms with van der Waals surface area (Å²) in [5, 5.41) is 6.12. The number of amides is 1. The van der Waals surface area contributed by atoms with Crippen LogP contribution in [0, 0.1) is 13.8 Å². The van der Waals surface area contributed by atoms with E-state index in [1.54, 1.807) is 0 Å². The minimum absolute atomic E-state index is 0.225. The highest BCUT2D eigenvalue weighted by Gasteiger charge is 2.11. The Bertz CT molecular complexity index is 943. The highest BCUT2D eigenvalue weighted by atomic mass is 16.1. The van der Waals surface area contributed by atoms with Gasteiger partial charge in [-0.3, -0.25) is 4.79 Å². The molecule has 0 spiro atoms. The highest BCUT2D eigenvalue weighted by molar-refractivity contribution is 6.04. The number of anilines is 4. The number of rotatable bonds is 7. The molecule has 2 aromatic carbocycles. The van der Waals surface area contributed by atoms with Gasteiger partial charge >= 0.3 is 0 Å². The van der Waals surface area contributed by atoms with Crippen LogP contribution in [0.25, 0.3) is 0 Å². The quantitative estimate of drug-likeness (QED) is 0.599. The SMILES string of the molecule is CCN(CC)c1ccc(Nc2ncc(C(=O)Nc3c(C)cccc3C)cn2)cc1. The van der Waals surface area contributed by atoms with Crippen LogP contribution in [0.3, 0.4) is 0 Å². The Morgan fingerprint density at radius 3 is 2.07 bits per heavy atom. The van der Waals surface area contributed by atoms with Gasteiger partial charge < -0.3 is 15.5 Å². The van der Waals surface area contributed by atoms with Gasteiger partial charge in [-0.05, 0) is 63.1 Å². The minimum atomic E-state index is -0.225. The Morgan fingerprint density at radius 1 is 0.931 bits per heavy atom. The molecule has 2 N–H and O–H groups in total. The summed E-state index contributed by atoms with van der Waals surface area (Å²) >= 11 is 0. The van der Waals surface area contributed by atoms with E-state index in [0.29, 0.717) is 11.5 Å². The second-order valence-corrected chi connectivity index (χ2v) is 6.86. The maximum atomic E-state index is 12.5. The van der Waals surface area contributed by atoms with E-state index in [-0.39, 0.29) is 5.91 Å². The zero-order valence-electron chi connectivity index (χ0n) is 17.4. The molecule has 0 saturated heterocycles. The molecular weight excluding hydrogens is 362 g/mol. The Hall–Kier alpha value is -3.41. The predicted molar refractivity (Wildman–Crippen MR) is 119 cm³/mol. The highest BCUT2D eigenvalue weighted by Crippen LogP contribution is 2.21. The number of benzene rings is 2. The first-order valence-corrected chi connectivity index (χ1v) is 9.83. The fourth-order valence-electron chi connectivity index (χ4n) is 3.18. The summed E-state index contributed by atoms with van der Waals surface area (Å²) in [6.45, 7) is 10.2. The van der Waals surface area contributed by atoms with E-state index in [1.807, 2.05) is 44.2 Å². The topological polar surface area (TPSA) is 70.2 Å². The van der Waals surface area contributed by atoms with E-state index in [1.165, 1.54) is 18.1 Å². The van der Waals surface area contributed by atoms with Crippen LogP contribution in [-0.2, 0) is 0 Å². The lowest BCUT2D eigenvalue weighted by Gasteiger charge is -2.21. The Balaban J connectivity index is 1.66. The molecule has 0 atom stereocenters. The molecule has 3 aromatic rings. The fourth-order valence-corrected chi connectivity index (χ4v) is 3.18. The van der Waals surface area contributed by atoms with E-state index in [0.717, 1.165) is 35.6 Å². The summed E-state index contributed by atoms with van der Waals surface area (Å²) in [7, 11) is 0. The lowest BCUT2D eigenvalue weighted by molar-refractivity contribution is 0.102. The second kappa shape index (κ2) is 9.19. The summed E-state index contributed by atoms with van der Waals surface area (Å²) in [4.78, 5) is 23.4. The molecule has 1 amide bonds.